The van der Waals surface area contributed by atoms with E-state index in [-0.39, 0.29) is 5.91 Å². The minimum atomic E-state index is -0.141. The average Bonchev–Trinajstić information content (AvgIpc) is 2.41. The molecule has 4 N–H and O–H groups in total. The van der Waals surface area contributed by atoms with Crippen molar-refractivity contribution in [3.63, 3.8) is 0 Å². The highest BCUT2D eigenvalue weighted by Gasteiger charge is 2.11. The van der Waals surface area contributed by atoms with Crippen molar-refractivity contribution in [2.75, 3.05) is 18.1 Å². The van der Waals surface area contributed by atoms with Crippen molar-refractivity contribution in [2.45, 2.75) is 13.8 Å². The van der Waals surface area contributed by atoms with Crippen LogP contribution in [0.15, 0.2) is 36.4 Å². The molecule has 104 valence electrons. The zero-order valence-electron chi connectivity index (χ0n) is 11.9. The number of nitrogens with one attached hydrogen (secondary N) is 2. The van der Waals surface area contributed by atoms with Crippen molar-refractivity contribution < 1.29 is 4.79 Å². The van der Waals surface area contributed by atoms with Crippen LogP contribution in [0.2, 0.25) is 0 Å². The van der Waals surface area contributed by atoms with E-state index in [0.717, 1.165) is 11.3 Å². The molecular weight excluding hydrogens is 250 g/mol. The van der Waals surface area contributed by atoms with E-state index in [9.17, 15) is 4.79 Å². The van der Waals surface area contributed by atoms with Crippen LogP contribution < -0.4 is 16.4 Å². The van der Waals surface area contributed by atoms with Crippen LogP contribution in [0.25, 0.3) is 0 Å². The molecule has 0 bridgehead atoms. The molecule has 0 fully saturated rings. The fourth-order valence-corrected chi connectivity index (χ4v) is 2.10. The van der Waals surface area contributed by atoms with Gasteiger partial charge >= 0.3 is 0 Å². The third-order valence-electron chi connectivity index (χ3n) is 3.17. The predicted octanol–water partition coefficient (Wildman–Crippen LogP) is 2.99. The molecule has 0 saturated carbocycles. The lowest BCUT2D eigenvalue weighted by molar-refractivity contribution is 0.0964. The van der Waals surface area contributed by atoms with Crippen molar-refractivity contribution in [3.05, 3.63) is 53.1 Å². The summed E-state index contributed by atoms with van der Waals surface area (Å²) in [6.45, 7) is 4.08. The minimum absolute atomic E-state index is 0.141. The molecule has 2 aromatic carbocycles. The number of amides is 1. The Labute approximate surface area is 119 Å². The van der Waals surface area contributed by atoms with Gasteiger partial charge in [0.2, 0.25) is 0 Å². The third-order valence-corrected chi connectivity index (χ3v) is 3.17. The largest absolute Gasteiger partial charge is 0.399 e. The van der Waals surface area contributed by atoms with Gasteiger partial charge in [0.25, 0.3) is 5.91 Å². The SMILES string of the molecule is CNC(=O)c1ccc(N)cc1Nc1ccc(C)cc1C. The van der Waals surface area contributed by atoms with Gasteiger partial charge in [0.05, 0.1) is 11.3 Å². The number of nitrogen functional groups attached to an aromatic ring is 1. The van der Waals surface area contributed by atoms with Gasteiger partial charge in [-0.25, -0.2) is 0 Å². The van der Waals surface area contributed by atoms with Crippen molar-refractivity contribution in [2.24, 2.45) is 0 Å². The maximum Gasteiger partial charge on any atom is 0.253 e. The lowest BCUT2D eigenvalue weighted by Crippen LogP contribution is -2.19. The second kappa shape index (κ2) is 5.65. The Balaban J connectivity index is 2.41. The van der Waals surface area contributed by atoms with Crippen LogP contribution in [0.1, 0.15) is 21.5 Å². The van der Waals surface area contributed by atoms with Crippen LogP contribution >= 0.6 is 0 Å². The highest BCUT2D eigenvalue weighted by atomic mass is 16.1. The fraction of sp³-hybridized carbons (Fsp3) is 0.188. The molecule has 0 atom stereocenters. The van der Waals surface area contributed by atoms with Crippen LogP contribution in [0.4, 0.5) is 17.1 Å². The Hall–Kier alpha value is -2.49. The first-order valence-electron chi connectivity index (χ1n) is 6.47. The molecule has 0 unspecified atom stereocenters. The molecule has 0 radical (unpaired) electrons. The van der Waals surface area contributed by atoms with Gasteiger partial charge in [-0.2, -0.15) is 0 Å². The zero-order valence-corrected chi connectivity index (χ0v) is 11.9. The molecular formula is C16H19N3O. The van der Waals surface area contributed by atoms with Crippen LogP contribution in [0, 0.1) is 13.8 Å². The Morgan fingerprint density at radius 1 is 1.05 bits per heavy atom. The van der Waals surface area contributed by atoms with Gasteiger partial charge in [-0.05, 0) is 43.7 Å². The highest BCUT2D eigenvalue weighted by molar-refractivity contribution is 6.00. The van der Waals surface area contributed by atoms with Gasteiger partial charge in [-0.15, -0.1) is 0 Å². The van der Waals surface area contributed by atoms with Crippen LogP contribution in [-0.2, 0) is 0 Å². The molecule has 2 rings (SSSR count). The van der Waals surface area contributed by atoms with Gasteiger partial charge in [0, 0.05) is 18.4 Å². The van der Waals surface area contributed by atoms with Gasteiger partial charge in [0.1, 0.15) is 0 Å². The summed E-state index contributed by atoms with van der Waals surface area (Å²) >= 11 is 0. The molecule has 0 heterocycles. The summed E-state index contributed by atoms with van der Waals surface area (Å²) in [5.41, 5.74) is 11.0. The van der Waals surface area contributed by atoms with Gasteiger partial charge in [-0.1, -0.05) is 17.7 Å². The van der Waals surface area contributed by atoms with Crippen molar-refractivity contribution >= 4 is 23.0 Å². The smallest absolute Gasteiger partial charge is 0.253 e. The molecule has 4 heteroatoms. The van der Waals surface area contributed by atoms with Crippen molar-refractivity contribution in [1.82, 2.24) is 5.32 Å². The average molecular weight is 269 g/mol. The summed E-state index contributed by atoms with van der Waals surface area (Å²) in [4.78, 5) is 11.9. The first-order chi connectivity index (χ1) is 9.51. The van der Waals surface area contributed by atoms with E-state index in [1.165, 1.54) is 5.56 Å². The van der Waals surface area contributed by atoms with E-state index in [2.05, 4.69) is 16.7 Å². The molecule has 0 aliphatic rings. The van der Waals surface area contributed by atoms with Crippen molar-refractivity contribution in [1.29, 1.82) is 0 Å². The maximum atomic E-state index is 11.9. The second-order valence-corrected chi connectivity index (χ2v) is 4.83. The Bertz CT molecular complexity index is 650. The zero-order chi connectivity index (χ0) is 14.7. The van der Waals surface area contributed by atoms with E-state index < -0.39 is 0 Å². The number of hydrogen-bond acceptors (Lipinski definition) is 3. The molecule has 0 aromatic heterocycles. The predicted molar refractivity (Wildman–Crippen MR) is 83.4 cm³/mol. The summed E-state index contributed by atoms with van der Waals surface area (Å²) < 4.78 is 0. The van der Waals surface area contributed by atoms with Crippen LogP contribution in [0.3, 0.4) is 0 Å². The Morgan fingerprint density at radius 3 is 2.45 bits per heavy atom. The normalized spacial score (nSPS) is 10.2. The highest BCUT2D eigenvalue weighted by Crippen LogP contribution is 2.26. The van der Waals surface area contributed by atoms with Gasteiger partial charge in [-0.3, -0.25) is 4.79 Å². The Kier molecular flexibility index (Phi) is 3.94. The van der Waals surface area contributed by atoms with E-state index in [0.29, 0.717) is 16.9 Å². The molecule has 0 saturated heterocycles. The first kappa shape index (κ1) is 13.9. The Morgan fingerprint density at radius 2 is 1.80 bits per heavy atom. The van der Waals surface area contributed by atoms with Crippen molar-refractivity contribution in [3.8, 4) is 0 Å². The van der Waals surface area contributed by atoms with E-state index in [4.69, 9.17) is 5.73 Å². The minimum Gasteiger partial charge on any atom is -0.399 e. The lowest BCUT2D eigenvalue weighted by Gasteiger charge is -2.14. The number of anilines is 3. The van der Waals surface area contributed by atoms with Crippen LogP contribution in [0.5, 0.6) is 0 Å². The number of carbonyl (C=O) groups is 1. The molecule has 2 aromatic rings. The summed E-state index contributed by atoms with van der Waals surface area (Å²) in [6, 6.07) is 11.3. The molecule has 4 nitrogen and oxygen atoms in total. The topological polar surface area (TPSA) is 67.2 Å². The molecule has 1 amide bonds. The monoisotopic (exact) mass is 269 g/mol. The number of nitrogens with two attached hydrogens (primary N) is 1. The van der Waals surface area contributed by atoms with E-state index >= 15 is 0 Å². The van der Waals surface area contributed by atoms with Gasteiger partial charge < -0.3 is 16.4 Å². The summed E-state index contributed by atoms with van der Waals surface area (Å²) in [6.07, 6.45) is 0. The maximum absolute atomic E-state index is 11.9. The molecule has 0 spiro atoms. The number of hydrogen-bond donors (Lipinski definition) is 3. The number of rotatable bonds is 3. The number of carbonyl (C=O) groups excluding carboxylic acids is 1. The quantitative estimate of drug-likeness (QED) is 0.750. The second-order valence-electron chi connectivity index (χ2n) is 4.83. The summed E-state index contributed by atoms with van der Waals surface area (Å²) in [5, 5.41) is 5.91. The first-order valence-corrected chi connectivity index (χ1v) is 6.47. The molecule has 0 aliphatic heterocycles. The van der Waals surface area contributed by atoms with E-state index in [1.807, 2.05) is 26.0 Å². The fourth-order valence-electron chi connectivity index (χ4n) is 2.10. The summed E-state index contributed by atoms with van der Waals surface area (Å²) in [5.74, 6) is -0.141. The number of benzene rings is 2. The van der Waals surface area contributed by atoms with Gasteiger partial charge in [0.15, 0.2) is 0 Å². The molecule has 20 heavy (non-hydrogen) atoms. The third kappa shape index (κ3) is 2.91. The molecule has 0 aliphatic carbocycles. The van der Waals surface area contributed by atoms with Crippen LogP contribution in [-0.4, -0.2) is 13.0 Å². The standard InChI is InChI=1S/C16H19N3O/c1-10-4-7-14(11(2)8-10)19-15-9-12(17)5-6-13(15)16(20)18-3/h4-9,19H,17H2,1-3H3,(H,18,20). The lowest BCUT2D eigenvalue weighted by atomic mass is 10.1. The van der Waals surface area contributed by atoms with E-state index in [1.54, 1.807) is 25.2 Å². The number of aryl methyl sites for hydroxylation is 2. The summed E-state index contributed by atoms with van der Waals surface area (Å²) in [7, 11) is 1.61.